The van der Waals surface area contributed by atoms with Crippen LogP contribution in [0.15, 0.2) is 30.3 Å². The largest absolute Gasteiger partial charge is 0.308 e. The zero-order valence-electron chi connectivity index (χ0n) is 8.75. The van der Waals surface area contributed by atoms with Gasteiger partial charge in [0.2, 0.25) is 0 Å². The molecule has 0 bridgehead atoms. The molecule has 0 aliphatic heterocycles. The minimum Gasteiger partial charge on any atom is -0.105 e. The van der Waals surface area contributed by atoms with Crippen LogP contribution in [0.5, 0.6) is 0 Å². The number of hydrogen-bond acceptors (Lipinski definition) is 1. The minimum atomic E-state index is 1.06. The number of halogens is 1. The third-order valence-electron chi connectivity index (χ3n) is 2.20. The maximum Gasteiger partial charge on any atom is 0.308 e. The van der Waals surface area contributed by atoms with Crippen molar-refractivity contribution in [3.8, 4) is 0 Å². The summed E-state index contributed by atoms with van der Waals surface area (Å²) in [6.45, 7) is 4.50. The highest BCUT2D eigenvalue weighted by molar-refractivity contribution is 14.1. The molecule has 0 fully saturated rings. The summed E-state index contributed by atoms with van der Waals surface area (Å²) in [6.07, 6.45) is 3.95. The average Bonchev–Trinajstić information content (AvgIpc) is 2.20. The van der Waals surface area contributed by atoms with Crippen LogP contribution >= 0.6 is 22.9 Å². The maximum absolute atomic E-state index is 2.42. The smallest absolute Gasteiger partial charge is 0.105 e. The summed E-state index contributed by atoms with van der Waals surface area (Å²) in [4.78, 5) is 0. The van der Waals surface area contributed by atoms with E-state index in [0.29, 0.717) is 0 Å². The Morgan fingerprint density at radius 2 is 1.86 bits per heavy atom. The van der Waals surface area contributed by atoms with E-state index in [-0.39, 0.29) is 0 Å². The fourth-order valence-corrected chi connectivity index (χ4v) is 2.13. The Labute approximate surface area is 101 Å². The summed E-state index contributed by atoms with van der Waals surface area (Å²) >= 11 is 2.42. The van der Waals surface area contributed by atoms with E-state index in [9.17, 15) is 0 Å². The summed E-state index contributed by atoms with van der Waals surface area (Å²) in [6, 6.07) is 10.6. The molecule has 1 rings (SSSR count). The fraction of sp³-hybridized carbons (Fsp3) is 0.500. The first-order valence-electron chi connectivity index (χ1n) is 5.27. The van der Waals surface area contributed by atoms with Crippen LogP contribution in [0, 0.1) is 0 Å². The van der Waals surface area contributed by atoms with Gasteiger partial charge in [0.25, 0.3) is 0 Å². The van der Waals surface area contributed by atoms with Gasteiger partial charge >= 0.3 is 22.9 Å². The lowest BCUT2D eigenvalue weighted by Crippen LogP contribution is -2.18. The van der Waals surface area contributed by atoms with E-state index in [1.165, 1.54) is 31.4 Å². The predicted octanol–water partition coefficient (Wildman–Crippen LogP) is 3.87. The van der Waals surface area contributed by atoms with Crippen molar-refractivity contribution in [2.45, 2.75) is 32.7 Å². The normalized spacial score (nSPS) is 10.8. The van der Waals surface area contributed by atoms with Gasteiger partial charge in [0.1, 0.15) is 6.54 Å². The van der Waals surface area contributed by atoms with Gasteiger partial charge in [0.15, 0.2) is 6.54 Å². The Bertz CT molecular complexity index is 235. The van der Waals surface area contributed by atoms with Gasteiger partial charge in [-0.25, -0.2) is 0 Å². The number of rotatable bonds is 6. The molecule has 14 heavy (non-hydrogen) atoms. The van der Waals surface area contributed by atoms with Crippen LogP contribution in [0.4, 0.5) is 0 Å². The summed E-state index contributed by atoms with van der Waals surface area (Å²) in [5, 5.41) is 0. The lowest BCUT2D eigenvalue weighted by molar-refractivity contribution is 0.586. The van der Waals surface area contributed by atoms with Crippen molar-refractivity contribution < 1.29 is 0 Å². The van der Waals surface area contributed by atoms with Crippen molar-refractivity contribution in [3.05, 3.63) is 35.9 Å². The lowest BCUT2D eigenvalue weighted by Gasteiger charge is -2.03. The van der Waals surface area contributed by atoms with E-state index in [0.717, 1.165) is 6.54 Å². The standard InChI is InChI=1S/C12H18IN/c1-2-3-7-10-14(13)11-12-8-5-4-6-9-12/h4-6,8-9H,2-3,7,10-11H2,1H3/q+1. The van der Waals surface area contributed by atoms with Crippen LogP contribution in [0.1, 0.15) is 31.7 Å². The summed E-state index contributed by atoms with van der Waals surface area (Å²) < 4.78 is 2.36. The molecule has 0 atom stereocenters. The van der Waals surface area contributed by atoms with Crippen LogP contribution in [0.2, 0.25) is 0 Å². The first-order chi connectivity index (χ1) is 6.83. The average molecular weight is 303 g/mol. The van der Waals surface area contributed by atoms with Gasteiger partial charge < -0.3 is 0 Å². The van der Waals surface area contributed by atoms with E-state index >= 15 is 0 Å². The number of benzene rings is 1. The molecule has 1 radical (unpaired) electrons. The summed E-state index contributed by atoms with van der Waals surface area (Å²) in [7, 11) is 0. The van der Waals surface area contributed by atoms with E-state index in [1.54, 1.807) is 0 Å². The van der Waals surface area contributed by atoms with Gasteiger partial charge in [-0.1, -0.05) is 43.7 Å². The fourth-order valence-electron chi connectivity index (χ4n) is 1.39. The molecule has 77 valence electrons. The van der Waals surface area contributed by atoms with Crippen molar-refractivity contribution in [2.75, 3.05) is 6.54 Å². The van der Waals surface area contributed by atoms with Crippen LogP contribution in [-0.4, -0.2) is 6.54 Å². The predicted molar refractivity (Wildman–Crippen MR) is 70.7 cm³/mol. The van der Waals surface area contributed by atoms with E-state index in [1.807, 2.05) is 0 Å². The molecule has 1 aromatic rings. The van der Waals surface area contributed by atoms with Gasteiger partial charge in [-0.2, -0.15) is 0 Å². The van der Waals surface area contributed by atoms with Gasteiger partial charge in [0.05, 0.1) is 0 Å². The highest BCUT2D eigenvalue weighted by Gasteiger charge is 2.10. The highest BCUT2D eigenvalue weighted by atomic mass is 127. The SMILES string of the molecule is CCCCC[N+](I)Cc1ccccc1. The summed E-state index contributed by atoms with van der Waals surface area (Å²) in [5.41, 5.74) is 1.40. The Balaban J connectivity index is 2.23. The molecule has 0 spiro atoms. The molecule has 0 aliphatic carbocycles. The minimum absolute atomic E-state index is 1.06. The van der Waals surface area contributed by atoms with Crippen LogP contribution in [0.25, 0.3) is 0 Å². The molecule has 0 N–H and O–H groups in total. The molecule has 0 amide bonds. The Morgan fingerprint density at radius 1 is 1.14 bits per heavy atom. The molecule has 2 heteroatoms. The van der Waals surface area contributed by atoms with Crippen molar-refractivity contribution in [1.29, 1.82) is 0 Å². The molecule has 0 unspecified atom stereocenters. The lowest BCUT2D eigenvalue weighted by atomic mass is 10.2. The quantitative estimate of drug-likeness (QED) is 0.427. The second kappa shape index (κ2) is 7.23. The molecular formula is C12H18IN+. The maximum atomic E-state index is 2.42. The molecule has 1 nitrogen and oxygen atoms in total. The monoisotopic (exact) mass is 303 g/mol. The molecule has 0 saturated heterocycles. The second-order valence-electron chi connectivity index (χ2n) is 3.54. The number of nitrogens with zero attached hydrogens (tertiary/aromatic N) is 1. The Hall–Kier alpha value is -0.0900. The molecule has 1 aromatic carbocycles. The van der Waals surface area contributed by atoms with Crippen LogP contribution < -0.4 is 3.11 Å². The van der Waals surface area contributed by atoms with E-state index in [4.69, 9.17) is 0 Å². The Kier molecular flexibility index (Phi) is 6.19. The third-order valence-corrected chi connectivity index (χ3v) is 3.02. The van der Waals surface area contributed by atoms with Gasteiger partial charge in [-0.3, -0.25) is 0 Å². The van der Waals surface area contributed by atoms with Gasteiger partial charge in [-0.15, -0.1) is 3.11 Å². The molecule has 0 heterocycles. The van der Waals surface area contributed by atoms with E-state index < -0.39 is 0 Å². The summed E-state index contributed by atoms with van der Waals surface area (Å²) in [5.74, 6) is 0. The second-order valence-corrected chi connectivity index (χ2v) is 4.90. The van der Waals surface area contributed by atoms with E-state index in [2.05, 4.69) is 63.2 Å². The zero-order valence-corrected chi connectivity index (χ0v) is 10.9. The molecule has 0 aliphatic rings. The number of hydrogen-bond donors (Lipinski definition) is 0. The molecule has 0 aromatic heterocycles. The van der Waals surface area contributed by atoms with Crippen LogP contribution in [0.3, 0.4) is 0 Å². The number of unbranched alkanes of at least 4 members (excludes halogenated alkanes) is 2. The molecule has 0 saturated carbocycles. The molecular weight excluding hydrogens is 285 g/mol. The van der Waals surface area contributed by atoms with Crippen molar-refractivity contribution in [1.82, 2.24) is 3.11 Å². The van der Waals surface area contributed by atoms with Gasteiger partial charge in [-0.05, 0) is 6.42 Å². The van der Waals surface area contributed by atoms with Crippen molar-refractivity contribution in [3.63, 3.8) is 0 Å². The van der Waals surface area contributed by atoms with Gasteiger partial charge in [0, 0.05) is 12.0 Å². The van der Waals surface area contributed by atoms with Crippen LogP contribution in [-0.2, 0) is 6.54 Å². The first-order valence-corrected chi connectivity index (χ1v) is 6.24. The Morgan fingerprint density at radius 3 is 2.50 bits per heavy atom. The zero-order chi connectivity index (χ0) is 10.2. The van der Waals surface area contributed by atoms with Crippen molar-refractivity contribution in [2.24, 2.45) is 0 Å². The topological polar surface area (TPSA) is 5.90 Å². The highest BCUT2D eigenvalue weighted by Crippen LogP contribution is 2.07. The third kappa shape index (κ3) is 4.96. The first kappa shape index (κ1) is 12.0. The van der Waals surface area contributed by atoms with Crippen molar-refractivity contribution >= 4 is 22.9 Å².